The molecule has 0 amide bonds. The highest BCUT2D eigenvalue weighted by molar-refractivity contribution is 5.57. The molecular formula is C18H26N2O2. The van der Waals surface area contributed by atoms with Gasteiger partial charge in [0.2, 0.25) is 6.79 Å². The molecule has 1 aromatic carbocycles. The second-order valence-corrected chi connectivity index (χ2v) is 7.08. The van der Waals surface area contributed by atoms with Gasteiger partial charge >= 0.3 is 0 Å². The molecule has 2 atom stereocenters. The van der Waals surface area contributed by atoms with Gasteiger partial charge in [0.25, 0.3) is 0 Å². The molecule has 1 saturated carbocycles. The number of fused-ring (bicyclic) bond motifs is 1. The predicted molar refractivity (Wildman–Crippen MR) is 87.4 cm³/mol. The summed E-state index contributed by atoms with van der Waals surface area (Å²) in [7, 11) is 0. The molecule has 22 heavy (non-hydrogen) atoms. The van der Waals surface area contributed by atoms with Crippen molar-refractivity contribution in [3.63, 3.8) is 0 Å². The lowest BCUT2D eigenvalue weighted by atomic mass is 9.89. The van der Waals surface area contributed by atoms with E-state index in [9.17, 15) is 0 Å². The first-order valence-electron chi connectivity index (χ1n) is 8.70. The third kappa shape index (κ3) is 2.76. The Hall–Kier alpha value is -1.42. The Morgan fingerprint density at radius 3 is 2.82 bits per heavy atom. The highest BCUT2D eigenvalue weighted by Gasteiger charge is 2.29. The molecule has 2 unspecified atom stereocenters. The molecule has 1 saturated heterocycles. The van der Waals surface area contributed by atoms with E-state index in [1.54, 1.807) is 0 Å². The van der Waals surface area contributed by atoms with Crippen LogP contribution < -0.4 is 20.1 Å². The average molecular weight is 302 g/mol. The highest BCUT2D eigenvalue weighted by atomic mass is 16.7. The molecule has 2 heterocycles. The fraction of sp³-hybridized carbons (Fsp3) is 0.667. The number of rotatable bonds is 4. The maximum Gasteiger partial charge on any atom is 0.231 e. The molecular weight excluding hydrogens is 276 g/mol. The smallest absolute Gasteiger partial charge is 0.231 e. The van der Waals surface area contributed by atoms with Crippen LogP contribution in [0.1, 0.15) is 38.5 Å². The number of anilines is 1. The molecule has 4 heteroatoms. The normalized spacial score (nSPS) is 25.9. The lowest BCUT2D eigenvalue weighted by Gasteiger charge is -2.23. The zero-order valence-corrected chi connectivity index (χ0v) is 13.2. The van der Waals surface area contributed by atoms with Gasteiger partial charge in [-0.2, -0.15) is 0 Å². The molecule has 0 spiro atoms. The van der Waals surface area contributed by atoms with Crippen LogP contribution in [0, 0.1) is 11.8 Å². The molecule has 1 aromatic rings. The van der Waals surface area contributed by atoms with E-state index in [1.165, 1.54) is 44.2 Å². The summed E-state index contributed by atoms with van der Waals surface area (Å²) in [5.74, 6) is 3.26. The fourth-order valence-corrected chi connectivity index (χ4v) is 4.30. The van der Waals surface area contributed by atoms with Crippen molar-refractivity contribution >= 4 is 5.69 Å². The topological polar surface area (TPSA) is 47.7 Å². The maximum absolute atomic E-state index is 6.46. The van der Waals surface area contributed by atoms with Crippen LogP contribution in [-0.2, 0) is 0 Å². The van der Waals surface area contributed by atoms with Crippen molar-refractivity contribution in [1.29, 1.82) is 0 Å². The van der Waals surface area contributed by atoms with E-state index in [0.717, 1.165) is 36.4 Å². The maximum atomic E-state index is 6.46. The Kier molecular flexibility index (Phi) is 3.87. The first-order chi connectivity index (χ1) is 10.8. The van der Waals surface area contributed by atoms with E-state index >= 15 is 0 Å². The molecule has 1 aliphatic carbocycles. The Balaban J connectivity index is 1.35. The van der Waals surface area contributed by atoms with Gasteiger partial charge in [-0.25, -0.2) is 0 Å². The summed E-state index contributed by atoms with van der Waals surface area (Å²) in [5, 5.41) is 0. The quantitative estimate of drug-likeness (QED) is 0.928. The number of nitrogens with zero attached hydrogens (tertiary/aromatic N) is 1. The van der Waals surface area contributed by atoms with Crippen LogP contribution in [0.3, 0.4) is 0 Å². The fourth-order valence-electron chi connectivity index (χ4n) is 4.30. The van der Waals surface area contributed by atoms with Crippen LogP contribution >= 0.6 is 0 Å². The second kappa shape index (κ2) is 5.99. The molecule has 0 bridgehead atoms. The highest BCUT2D eigenvalue weighted by Crippen LogP contribution is 2.38. The standard InChI is InChI=1S/C18H26N2O2/c19-16(14-3-1-2-4-14)9-13-7-8-20(11-13)15-5-6-17-18(10-15)22-12-21-17/h5-6,10,13-14,16H,1-4,7-9,11-12,19H2. The van der Waals surface area contributed by atoms with Crippen LogP contribution in [-0.4, -0.2) is 25.9 Å². The Bertz CT molecular complexity index is 528. The van der Waals surface area contributed by atoms with Crippen LogP contribution in [0.4, 0.5) is 5.69 Å². The zero-order valence-electron chi connectivity index (χ0n) is 13.2. The van der Waals surface area contributed by atoms with Crippen molar-refractivity contribution in [2.24, 2.45) is 17.6 Å². The van der Waals surface area contributed by atoms with Gasteiger partial charge in [-0.1, -0.05) is 12.8 Å². The summed E-state index contributed by atoms with van der Waals surface area (Å²) in [5.41, 5.74) is 7.71. The molecule has 2 N–H and O–H groups in total. The summed E-state index contributed by atoms with van der Waals surface area (Å²) in [6, 6.07) is 6.69. The summed E-state index contributed by atoms with van der Waals surface area (Å²) in [4.78, 5) is 2.47. The number of nitrogens with two attached hydrogens (primary N) is 1. The van der Waals surface area contributed by atoms with Crippen LogP contribution in [0.15, 0.2) is 18.2 Å². The molecule has 3 aliphatic rings. The predicted octanol–water partition coefficient (Wildman–Crippen LogP) is 3.15. The lowest BCUT2D eigenvalue weighted by Crippen LogP contribution is -2.31. The number of hydrogen-bond acceptors (Lipinski definition) is 4. The van der Waals surface area contributed by atoms with Gasteiger partial charge in [0, 0.05) is 30.9 Å². The van der Waals surface area contributed by atoms with Crippen molar-refractivity contribution in [2.75, 3.05) is 24.8 Å². The van der Waals surface area contributed by atoms with E-state index in [0.29, 0.717) is 12.8 Å². The third-order valence-electron chi connectivity index (χ3n) is 5.62. The van der Waals surface area contributed by atoms with Crippen LogP contribution in [0.25, 0.3) is 0 Å². The van der Waals surface area contributed by atoms with Gasteiger partial charge < -0.3 is 20.1 Å². The minimum Gasteiger partial charge on any atom is -0.454 e. The van der Waals surface area contributed by atoms with Crippen molar-refractivity contribution < 1.29 is 9.47 Å². The number of benzene rings is 1. The van der Waals surface area contributed by atoms with Gasteiger partial charge in [-0.05, 0) is 49.7 Å². The van der Waals surface area contributed by atoms with Crippen molar-refractivity contribution in [2.45, 2.75) is 44.6 Å². The van der Waals surface area contributed by atoms with Gasteiger partial charge in [0.15, 0.2) is 11.5 Å². The van der Waals surface area contributed by atoms with Crippen LogP contribution in [0.5, 0.6) is 11.5 Å². The van der Waals surface area contributed by atoms with E-state index in [4.69, 9.17) is 15.2 Å². The average Bonchev–Trinajstić information content (AvgIpc) is 3.27. The van der Waals surface area contributed by atoms with Gasteiger partial charge in [0.05, 0.1) is 0 Å². The summed E-state index contributed by atoms with van der Waals surface area (Å²) in [6.45, 7) is 2.60. The largest absolute Gasteiger partial charge is 0.454 e. The summed E-state index contributed by atoms with van der Waals surface area (Å²) in [6.07, 6.45) is 7.90. The molecule has 120 valence electrons. The van der Waals surface area contributed by atoms with E-state index in [1.807, 2.05) is 6.07 Å². The summed E-state index contributed by atoms with van der Waals surface area (Å²) >= 11 is 0. The minimum atomic E-state index is 0.345. The van der Waals surface area contributed by atoms with Crippen molar-refractivity contribution in [1.82, 2.24) is 0 Å². The number of hydrogen-bond donors (Lipinski definition) is 1. The van der Waals surface area contributed by atoms with E-state index in [2.05, 4.69) is 17.0 Å². The lowest BCUT2D eigenvalue weighted by molar-refractivity contribution is 0.174. The molecule has 4 nitrogen and oxygen atoms in total. The van der Waals surface area contributed by atoms with E-state index < -0.39 is 0 Å². The first-order valence-corrected chi connectivity index (χ1v) is 8.70. The van der Waals surface area contributed by atoms with Crippen molar-refractivity contribution in [3.05, 3.63) is 18.2 Å². The number of ether oxygens (including phenoxy) is 2. The molecule has 0 radical (unpaired) electrons. The third-order valence-corrected chi connectivity index (χ3v) is 5.62. The molecule has 2 aliphatic heterocycles. The monoisotopic (exact) mass is 302 g/mol. The zero-order chi connectivity index (χ0) is 14.9. The molecule has 2 fully saturated rings. The van der Waals surface area contributed by atoms with Gasteiger partial charge in [-0.3, -0.25) is 0 Å². The first kappa shape index (κ1) is 14.2. The summed E-state index contributed by atoms with van der Waals surface area (Å²) < 4.78 is 10.9. The van der Waals surface area contributed by atoms with Gasteiger partial charge in [-0.15, -0.1) is 0 Å². The van der Waals surface area contributed by atoms with Crippen molar-refractivity contribution in [3.8, 4) is 11.5 Å². The molecule has 4 rings (SSSR count). The van der Waals surface area contributed by atoms with E-state index in [-0.39, 0.29) is 0 Å². The Morgan fingerprint density at radius 1 is 1.14 bits per heavy atom. The second-order valence-electron chi connectivity index (χ2n) is 7.08. The Labute approximate surface area is 132 Å². The van der Waals surface area contributed by atoms with Crippen LogP contribution in [0.2, 0.25) is 0 Å². The Morgan fingerprint density at radius 2 is 1.95 bits per heavy atom. The minimum absolute atomic E-state index is 0.345. The SMILES string of the molecule is NC(CC1CCN(c2ccc3c(c2)OCO3)C1)C1CCCC1. The van der Waals surface area contributed by atoms with Gasteiger partial charge in [0.1, 0.15) is 0 Å². The molecule has 0 aromatic heterocycles.